The van der Waals surface area contributed by atoms with Crippen LogP contribution in [0.15, 0.2) is 0 Å². The molecule has 4 saturated carbocycles. The molecule has 2 heteroatoms. The van der Waals surface area contributed by atoms with Crippen LogP contribution in [-0.4, -0.2) is 5.78 Å². The molecule has 23 heavy (non-hydrogen) atoms. The van der Waals surface area contributed by atoms with Crippen molar-refractivity contribution in [2.75, 3.05) is 0 Å². The van der Waals surface area contributed by atoms with Crippen molar-refractivity contribution in [3.05, 3.63) is 0 Å². The Bertz CT molecular complexity index is 577. The first-order valence-electron chi connectivity index (χ1n) is 9.82. The second-order valence-corrected chi connectivity index (χ2v) is 9.72. The third-order valence-electron chi connectivity index (χ3n) is 9.27. The van der Waals surface area contributed by atoms with Crippen LogP contribution in [0.4, 0.5) is 0 Å². The van der Waals surface area contributed by atoms with Crippen molar-refractivity contribution in [1.82, 2.24) is 0 Å². The quantitative estimate of drug-likeness (QED) is 0.622. The molecule has 0 saturated heterocycles. The number of nitriles is 1. The van der Waals surface area contributed by atoms with E-state index in [1.165, 1.54) is 32.1 Å². The zero-order valence-corrected chi connectivity index (χ0v) is 15.0. The first-order chi connectivity index (χ1) is 10.9. The Kier molecular flexibility index (Phi) is 3.30. The van der Waals surface area contributed by atoms with Gasteiger partial charge in [-0.15, -0.1) is 0 Å². The highest BCUT2D eigenvalue weighted by molar-refractivity contribution is 5.84. The molecule has 0 amide bonds. The van der Waals surface area contributed by atoms with Gasteiger partial charge in [0.15, 0.2) is 0 Å². The minimum Gasteiger partial charge on any atom is -0.299 e. The maximum Gasteiger partial charge on any atom is 0.138 e. The summed E-state index contributed by atoms with van der Waals surface area (Å²) in [6.45, 7) is 7.23. The standard InChI is InChI=1S/C21H31NO/c1-14-6-7-15-18-16(8-11-19(14,15)2)20(3)9-4-5-10-21(20,13-22)12-17(18)23/h14-16,18H,4-12H2,1-3H3/t14-,15-,16-,18-,19+,20+,21+/m0/s1. The van der Waals surface area contributed by atoms with Crippen LogP contribution in [0, 0.1) is 51.2 Å². The zero-order chi connectivity index (χ0) is 16.5. The van der Waals surface area contributed by atoms with Crippen LogP contribution in [0.1, 0.15) is 78.6 Å². The van der Waals surface area contributed by atoms with E-state index in [0.717, 1.165) is 25.2 Å². The molecule has 0 aliphatic heterocycles. The van der Waals surface area contributed by atoms with Crippen molar-refractivity contribution >= 4 is 5.78 Å². The molecule has 0 N–H and O–H groups in total. The van der Waals surface area contributed by atoms with Crippen LogP contribution in [0.2, 0.25) is 0 Å². The summed E-state index contributed by atoms with van der Waals surface area (Å²) < 4.78 is 0. The number of hydrogen-bond donors (Lipinski definition) is 0. The molecule has 2 nitrogen and oxygen atoms in total. The van der Waals surface area contributed by atoms with Crippen molar-refractivity contribution < 1.29 is 4.79 Å². The number of ketones is 1. The second-order valence-electron chi connectivity index (χ2n) is 9.72. The third kappa shape index (κ3) is 1.77. The molecule has 4 aliphatic rings. The monoisotopic (exact) mass is 313 g/mol. The van der Waals surface area contributed by atoms with Gasteiger partial charge in [0, 0.05) is 12.3 Å². The van der Waals surface area contributed by atoms with Gasteiger partial charge in [-0.1, -0.05) is 33.6 Å². The van der Waals surface area contributed by atoms with Crippen LogP contribution < -0.4 is 0 Å². The number of carbonyl (C=O) groups is 1. The van der Waals surface area contributed by atoms with E-state index in [2.05, 4.69) is 26.8 Å². The van der Waals surface area contributed by atoms with E-state index in [1.807, 2.05) is 0 Å². The van der Waals surface area contributed by atoms with E-state index < -0.39 is 0 Å². The van der Waals surface area contributed by atoms with Crippen molar-refractivity contribution in [2.45, 2.75) is 78.6 Å². The van der Waals surface area contributed by atoms with Crippen molar-refractivity contribution in [3.8, 4) is 6.07 Å². The Morgan fingerprint density at radius 1 is 1.04 bits per heavy atom. The minimum absolute atomic E-state index is 0.0751. The predicted molar refractivity (Wildman–Crippen MR) is 90.5 cm³/mol. The Labute approximate surface area is 141 Å². The molecule has 0 unspecified atom stereocenters. The predicted octanol–water partition coefficient (Wildman–Crippen LogP) is 5.13. The SMILES string of the molecule is C[C@H]1CC[C@H]2[C@@H]3C(=O)C[C@@]4(C#N)CCCC[C@]4(C)[C@H]3CC[C@]12C. The lowest BCUT2D eigenvalue weighted by Gasteiger charge is -2.62. The number of fused-ring (bicyclic) bond motifs is 5. The molecule has 4 fully saturated rings. The van der Waals surface area contributed by atoms with Gasteiger partial charge in [0.1, 0.15) is 5.78 Å². The van der Waals surface area contributed by atoms with Crippen molar-refractivity contribution in [1.29, 1.82) is 5.26 Å². The van der Waals surface area contributed by atoms with E-state index in [9.17, 15) is 10.1 Å². The van der Waals surface area contributed by atoms with Gasteiger partial charge in [0.25, 0.3) is 0 Å². The summed E-state index contributed by atoms with van der Waals surface area (Å²) in [5, 5.41) is 10.0. The van der Waals surface area contributed by atoms with Gasteiger partial charge < -0.3 is 0 Å². The van der Waals surface area contributed by atoms with Gasteiger partial charge in [-0.2, -0.15) is 5.26 Å². The molecular formula is C21H31NO. The van der Waals surface area contributed by atoms with Crippen LogP contribution in [-0.2, 0) is 4.79 Å². The largest absolute Gasteiger partial charge is 0.299 e. The third-order valence-corrected chi connectivity index (χ3v) is 9.27. The maximum absolute atomic E-state index is 13.2. The van der Waals surface area contributed by atoms with Crippen LogP contribution in [0.25, 0.3) is 0 Å². The molecule has 0 spiro atoms. The molecule has 0 aromatic heterocycles. The van der Waals surface area contributed by atoms with Gasteiger partial charge in [0.05, 0.1) is 11.5 Å². The number of Topliss-reactive ketones (excluding diaryl/α,β-unsaturated/α-hetero) is 1. The zero-order valence-electron chi connectivity index (χ0n) is 15.0. The normalized spacial score (nSPS) is 55.5. The Hall–Kier alpha value is -0.840. The summed E-state index contributed by atoms with van der Waals surface area (Å²) in [7, 11) is 0. The fourth-order valence-electron chi connectivity index (χ4n) is 7.48. The summed E-state index contributed by atoms with van der Waals surface area (Å²) in [5.74, 6) is 2.50. The molecule has 0 radical (unpaired) electrons. The van der Waals surface area contributed by atoms with Gasteiger partial charge >= 0.3 is 0 Å². The molecule has 4 rings (SSSR count). The highest BCUT2D eigenvalue weighted by atomic mass is 16.1. The van der Waals surface area contributed by atoms with Gasteiger partial charge in [-0.25, -0.2) is 0 Å². The first-order valence-corrected chi connectivity index (χ1v) is 9.82. The Balaban J connectivity index is 1.77. The number of rotatable bonds is 0. The van der Waals surface area contributed by atoms with E-state index in [4.69, 9.17) is 0 Å². The van der Waals surface area contributed by atoms with Gasteiger partial charge in [-0.3, -0.25) is 4.79 Å². The van der Waals surface area contributed by atoms with Crippen molar-refractivity contribution in [2.24, 2.45) is 39.9 Å². The average molecular weight is 313 g/mol. The number of carbonyl (C=O) groups excluding carboxylic acids is 1. The summed E-state index contributed by atoms with van der Waals surface area (Å²) in [5.41, 5.74) is 0.0850. The van der Waals surface area contributed by atoms with E-state index >= 15 is 0 Å². The molecule has 0 bridgehead atoms. The van der Waals surface area contributed by atoms with E-state index in [-0.39, 0.29) is 16.7 Å². The molecular weight excluding hydrogens is 282 g/mol. The maximum atomic E-state index is 13.2. The van der Waals surface area contributed by atoms with Crippen LogP contribution in [0.3, 0.4) is 0 Å². The fraction of sp³-hybridized carbons (Fsp3) is 0.905. The molecule has 4 aliphatic carbocycles. The molecule has 7 atom stereocenters. The minimum atomic E-state index is -0.360. The second kappa shape index (κ2) is 4.84. The van der Waals surface area contributed by atoms with Crippen LogP contribution >= 0.6 is 0 Å². The molecule has 0 aromatic rings. The summed E-state index contributed by atoms with van der Waals surface area (Å²) in [6, 6.07) is 2.68. The summed E-state index contributed by atoms with van der Waals surface area (Å²) in [6.07, 6.45) is 10.0. The average Bonchev–Trinajstić information content (AvgIpc) is 2.83. The Morgan fingerprint density at radius 2 is 1.78 bits per heavy atom. The molecule has 126 valence electrons. The fourth-order valence-corrected chi connectivity index (χ4v) is 7.48. The summed E-state index contributed by atoms with van der Waals surface area (Å²) >= 11 is 0. The van der Waals surface area contributed by atoms with Gasteiger partial charge in [-0.05, 0) is 67.1 Å². The molecule has 0 aromatic carbocycles. The highest BCUT2D eigenvalue weighted by Gasteiger charge is 2.66. The van der Waals surface area contributed by atoms with Gasteiger partial charge in [0.2, 0.25) is 0 Å². The highest BCUT2D eigenvalue weighted by Crippen LogP contribution is 2.69. The number of hydrogen-bond acceptors (Lipinski definition) is 2. The topological polar surface area (TPSA) is 40.9 Å². The van der Waals surface area contributed by atoms with E-state index in [1.54, 1.807) is 0 Å². The smallest absolute Gasteiger partial charge is 0.138 e. The lowest BCUT2D eigenvalue weighted by Crippen LogP contribution is -2.60. The lowest BCUT2D eigenvalue weighted by atomic mass is 9.40. The first kappa shape index (κ1) is 15.7. The van der Waals surface area contributed by atoms with Crippen molar-refractivity contribution in [3.63, 3.8) is 0 Å². The molecule has 0 heterocycles. The number of nitrogens with zero attached hydrogens (tertiary/aromatic N) is 1. The van der Waals surface area contributed by atoms with Crippen LogP contribution in [0.5, 0.6) is 0 Å². The summed E-state index contributed by atoms with van der Waals surface area (Å²) in [4.78, 5) is 13.2. The Morgan fingerprint density at radius 3 is 2.52 bits per heavy atom. The lowest BCUT2D eigenvalue weighted by molar-refractivity contribution is -0.165. The van der Waals surface area contributed by atoms with E-state index in [0.29, 0.717) is 29.5 Å².